The topological polar surface area (TPSA) is 83.4 Å². The van der Waals surface area contributed by atoms with Crippen LogP contribution in [-0.2, 0) is 20.9 Å². The molecule has 0 amide bonds. The number of thioether (sulfide) groups is 1. The van der Waals surface area contributed by atoms with E-state index < -0.39 is 11.8 Å². The summed E-state index contributed by atoms with van der Waals surface area (Å²) in [4.78, 5) is 32.6. The number of carbonyl (C=O) groups is 2. The molecule has 1 unspecified atom stereocenters. The highest BCUT2D eigenvalue weighted by atomic mass is 32.2. The summed E-state index contributed by atoms with van der Waals surface area (Å²) < 4.78 is 22.8. The van der Waals surface area contributed by atoms with Gasteiger partial charge in [0.1, 0.15) is 24.9 Å². The Hall–Kier alpha value is -4.04. The zero-order chi connectivity index (χ0) is 31.1. The van der Waals surface area contributed by atoms with Gasteiger partial charge in [-0.1, -0.05) is 55.5 Å². The largest absolute Gasteiger partial charge is 0.493 e. The first kappa shape index (κ1) is 31.4. The zero-order valence-electron chi connectivity index (χ0n) is 25.7. The Kier molecular flexibility index (Phi) is 10.4. The van der Waals surface area contributed by atoms with Crippen molar-refractivity contribution in [2.45, 2.75) is 45.1 Å². The molecule has 0 radical (unpaired) electrons. The summed E-state index contributed by atoms with van der Waals surface area (Å²) in [5, 5.41) is 0. The van der Waals surface area contributed by atoms with E-state index in [0.717, 1.165) is 33.9 Å². The van der Waals surface area contributed by atoms with Crippen molar-refractivity contribution in [2.24, 2.45) is 10.9 Å². The van der Waals surface area contributed by atoms with Gasteiger partial charge in [0, 0.05) is 35.1 Å². The van der Waals surface area contributed by atoms with Crippen LogP contribution in [0.3, 0.4) is 0 Å². The van der Waals surface area contributed by atoms with Crippen LogP contribution in [0.15, 0.2) is 89.1 Å². The monoisotopic (exact) mass is 613 g/mol. The Labute approximate surface area is 263 Å². The normalized spacial score (nSPS) is 19.6. The number of ketones is 1. The number of benzene rings is 3. The van der Waals surface area contributed by atoms with E-state index in [1.165, 1.54) is 0 Å². The van der Waals surface area contributed by atoms with Crippen molar-refractivity contribution in [1.29, 1.82) is 0 Å². The lowest BCUT2D eigenvalue weighted by atomic mass is 9.69. The van der Waals surface area contributed by atoms with Crippen molar-refractivity contribution < 1.29 is 28.5 Å². The summed E-state index contributed by atoms with van der Waals surface area (Å²) in [5.41, 5.74) is 4.84. The molecule has 3 aromatic rings. The van der Waals surface area contributed by atoms with E-state index in [2.05, 4.69) is 6.92 Å². The van der Waals surface area contributed by atoms with Gasteiger partial charge in [0.25, 0.3) is 0 Å². The summed E-state index contributed by atoms with van der Waals surface area (Å²) in [6.07, 6.45) is 0.877. The molecule has 0 saturated heterocycles. The molecule has 5 rings (SSSR count). The van der Waals surface area contributed by atoms with E-state index in [1.54, 1.807) is 26.0 Å². The average molecular weight is 614 g/mol. The fourth-order valence-electron chi connectivity index (χ4n) is 6.04. The standard InChI is InChI=1S/C36H39NO6S/c1-5-44-17-16-42-36(39)33-23(2)37-29-19-27(25-14-15-31(40-3)32(21-25)41-4)20-30(38)35(29)34(33)26-12-9-13-28(18-26)43-22-24-10-7-6-8-11-24/h6-15,18,21,27,33-34H,5,16-17,19-20,22H2,1-4H3/t27-,33?,34+/m1/s1. The number of ether oxygens (including phenoxy) is 4. The van der Waals surface area contributed by atoms with E-state index in [9.17, 15) is 9.59 Å². The van der Waals surface area contributed by atoms with E-state index in [-0.39, 0.29) is 17.7 Å². The maximum Gasteiger partial charge on any atom is 0.315 e. The van der Waals surface area contributed by atoms with Gasteiger partial charge in [0.05, 0.1) is 14.2 Å². The highest BCUT2D eigenvalue weighted by Crippen LogP contribution is 2.48. The van der Waals surface area contributed by atoms with Crippen LogP contribution in [0.1, 0.15) is 55.2 Å². The van der Waals surface area contributed by atoms with Gasteiger partial charge in [-0.15, -0.1) is 0 Å². The second-order valence-electron chi connectivity index (χ2n) is 10.9. The maximum absolute atomic E-state index is 14.1. The average Bonchev–Trinajstić information content (AvgIpc) is 3.05. The number of nitrogens with zero attached hydrogens (tertiary/aromatic N) is 1. The summed E-state index contributed by atoms with van der Waals surface area (Å²) in [7, 11) is 3.20. The summed E-state index contributed by atoms with van der Waals surface area (Å²) in [5.74, 6) is 1.93. The van der Waals surface area contributed by atoms with Crippen molar-refractivity contribution >= 4 is 29.2 Å². The smallest absolute Gasteiger partial charge is 0.315 e. The molecule has 0 fully saturated rings. The fraction of sp³-hybridized carbons (Fsp3) is 0.361. The molecule has 3 aromatic carbocycles. The number of hydrogen-bond donors (Lipinski definition) is 0. The van der Waals surface area contributed by atoms with E-state index >= 15 is 0 Å². The molecule has 0 bridgehead atoms. The van der Waals surface area contributed by atoms with Gasteiger partial charge in [-0.25, -0.2) is 0 Å². The zero-order valence-corrected chi connectivity index (χ0v) is 26.5. The molecule has 230 valence electrons. The predicted molar refractivity (Wildman–Crippen MR) is 174 cm³/mol. The molecule has 0 spiro atoms. The number of allylic oxidation sites excluding steroid dienone is 2. The minimum atomic E-state index is -0.702. The molecule has 44 heavy (non-hydrogen) atoms. The number of rotatable bonds is 12. The third-order valence-electron chi connectivity index (χ3n) is 8.16. The number of esters is 1. The minimum absolute atomic E-state index is 0.0118. The maximum atomic E-state index is 14.1. The molecule has 2 aliphatic rings. The summed E-state index contributed by atoms with van der Waals surface area (Å²) in [6, 6.07) is 23.4. The molecule has 1 heterocycles. The Morgan fingerprint density at radius 1 is 0.932 bits per heavy atom. The fourth-order valence-corrected chi connectivity index (χ4v) is 6.53. The van der Waals surface area contributed by atoms with Gasteiger partial charge in [0.15, 0.2) is 17.3 Å². The Morgan fingerprint density at radius 3 is 2.48 bits per heavy atom. The Bertz CT molecular complexity index is 1550. The lowest BCUT2D eigenvalue weighted by Gasteiger charge is -2.36. The third kappa shape index (κ3) is 7.02. The summed E-state index contributed by atoms with van der Waals surface area (Å²) >= 11 is 1.72. The lowest BCUT2D eigenvalue weighted by molar-refractivity contribution is -0.145. The van der Waals surface area contributed by atoms with E-state index in [1.807, 2.05) is 79.7 Å². The highest BCUT2D eigenvalue weighted by molar-refractivity contribution is 7.99. The van der Waals surface area contributed by atoms with E-state index in [0.29, 0.717) is 54.6 Å². The molecule has 0 N–H and O–H groups in total. The van der Waals surface area contributed by atoms with Gasteiger partial charge < -0.3 is 18.9 Å². The Balaban J connectivity index is 1.49. The number of carbonyl (C=O) groups excluding carboxylic acids is 2. The molecule has 0 aromatic heterocycles. The second-order valence-corrected chi connectivity index (χ2v) is 12.3. The second kappa shape index (κ2) is 14.6. The van der Waals surface area contributed by atoms with Crippen LogP contribution in [0.2, 0.25) is 0 Å². The highest BCUT2D eigenvalue weighted by Gasteiger charge is 2.45. The molecular weight excluding hydrogens is 574 g/mol. The number of hydrogen-bond acceptors (Lipinski definition) is 8. The number of methoxy groups -OCH3 is 2. The van der Waals surface area contributed by atoms with Crippen LogP contribution >= 0.6 is 11.8 Å². The van der Waals surface area contributed by atoms with Gasteiger partial charge in [0.2, 0.25) is 0 Å². The van der Waals surface area contributed by atoms with Gasteiger partial charge in [-0.2, -0.15) is 11.8 Å². The van der Waals surface area contributed by atoms with Crippen LogP contribution in [0, 0.1) is 5.92 Å². The van der Waals surface area contributed by atoms with Crippen LogP contribution in [0.5, 0.6) is 17.2 Å². The first-order valence-electron chi connectivity index (χ1n) is 15.0. The number of Topliss-reactive ketones (excluding diaryl/α,β-unsaturated/α-hetero) is 1. The van der Waals surface area contributed by atoms with Gasteiger partial charge in [-0.3, -0.25) is 14.6 Å². The first-order chi connectivity index (χ1) is 21.4. The van der Waals surface area contributed by atoms with Crippen molar-refractivity contribution in [2.75, 3.05) is 32.3 Å². The third-order valence-corrected chi connectivity index (χ3v) is 9.03. The molecular formula is C36H39NO6S. The first-order valence-corrected chi connectivity index (χ1v) is 16.1. The molecule has 1 aliphatic heterocycles. The van der Waals surface area contributed by atoms with Crippen molar-refractivity contribution in [1.82, 2.24) is 0 Å². The van der Waals surface area contributed by atoms with Crippen LogP contribution in [-0.4, -0.2) is 49.8 Å². The Morgan fingerprint density at radius 2 is 1.73 bits per heavy atom. The molecule has 3 atom stereocenters. The molecule has 7 nitrogen and oxygen atoms in total. The SMILES string of the molecule is CCSCCOC(=O)C1C(C)=NC2=C(C(=O)C[C@H](c3ccc(OC)c(OC)c3)C2)[C@H]1c1cccc(OCc2ccccc2)c1. The van der Waals surface area contributed by atoms with Crippen LogP contribution in [0.25, 0.3) is 0 Å². The lowest BCUT2D eigenvalue weighted by Crippen LogP contribution is -2.38. The van der Waals surface area contributed by atoms with Crippen molar-refractivity contribution in [3.8, 4) is 17.2 Å². The van der Waals surface area contributed by atoms with Gasteiger partial charge in [-0.05, 0) is 66.0 Å². The summed E-state index contributed by atoms with van der Waals surface area (Å²) in [6.45, 7) is 4.67. The number of aliphatic imine (C=N–C) groups is 1. The minimum Gasteiger partial charge on any atom is -0.493 e. The van der Waals surface area contributed by atoms with E-state index in [4.69, 9.17) is 23.9 Å². The van der Waals surface area contributed by atoms with Crippen molar-refractivity contribution in [3.63, 3.8) is 0 Å². The molecule has 8 heteroatoms. The van der Waals surface area contributed by atoms with Crippen LogP contribution in [0.4, 0.5) is 0 Å². The quantitative estimate of drug-likeness (QED) is 0.158. The van der Waals surface area contributed by atoms with Crippen LogP contribution < -0.4 is 14.2 Å². The van der Waals surface area contributed by atoms with Gasteiger partial charge >= 0.3 is 5.97 Å². The van der Waals surface area contributed by atoms with Crippen molar-refractivity contribution in [3.05, 3.63) is 101 Å². The molecule has 0 saturated carbocycles. The molecule has 1 aliphatic carbocycles. The predicted octanol–water partition coefficient (Wildman–Crippen LogP) is 7.15.